The van der Waals surface area contributed by atoms with Crippen LogP contribution in [0.2, 0.25) is 0 Å². The van der Waals surface area contributed by atoms with Crippen molar-refractivity contribution in [2.24, 2.45) is 11.7 Å². The number of aliphatic hydroxyl groups is 1. The zero-order chi connectivity index (χ0) is 12.6. The molecule has 0 bridgehead atoms. The van der Waals surface area contributed by atoms with Crippen LogP contribution in [0.4, 0.5) is 0 Å². The molecule has 3 atom stereocenters. The smallest absolute Gasteiger partial charge is 0.0950 e. The van der Waals surface area contributed by atoms with Crippen LogP contribution in [0.15, 0.2) is 0 Å². The second-order valence-electron chi connectivity index (χ2n) is 5.54. The number of hydrogen-bond acceptors (Lipinski definition) is 2. The summed E-state index contributed by atoms with van der Waals surface area (Å²) in [7, 11) is 0. The predicted octanol–water partition coefficient (Wildman–Crippen LogP) is 3.29. The Morgan fingerprint density at radius 1 is 1.31 bits per heavy atom. The molecule has 0 aliphatic carbocycles. The Bertz CT molecular complexity index is 166. The van der Waals surface area contributed by atoms with Gasteiger partial charge in [0.15, 0.2) is 0 Å². The molecule has 0 amide bonds. The van der Waals surface area contributed by atoms with Gasteiger partial charge in [-0.05, 0) is 52.9 Å². The summed E-state index contributed by atoms with van der Waals surface area (Å²) in [5.41, 5.74) is 6.09. The van der Waals surface area contributed by atoms with Gasteiger partial charge >= 0.3 is 0 Å². The van der Waals surface area contributed by atoms with Gasteiger partial charge in [0.25, 0.3) is 0 Å². The average molecular weight is 228 g/mol. The van der Waals surface area contributed by atoms with Crippen molar-refractivity contribution in [3.63, 3.8) is 0 Å². The van der Waals surface area contributed by atoms with Crippen LogP contribution in [-0.4, -0.2) is 16.7 Å². The van der Waals surface area contributed by atoms with E-state index < -0.39 is 0 Å². The van der Waals surface area contributed by atoms with E-state index in [9.17, 15) is 5.11 Å². The molecule has 0 rings (SSSR count). The van der Waals surface area contributed by atoms with Crippen LogP contribution in [-0.2, 0) is 0 Å². The van der Waals surface area contributed by atoms with Gasteiger partial charge in [0.2, 0.25) is 0 Å². The van der Waals surface area contributed by atoms with Crippen molar-refractivity contribution >= 4 is 0 Å². The Labute approximate surface area is 102 Å². The summed E-state index contributed by atoms with van der Waals surface area (Å²) in [4.78, 5) is 0. The second-order valence-corrected chi connectivity index (χ2v) is 5.54. The lowest BCUT2D eigenvalue weighted by atomic mass is 9.91. The van der Waals surface area contributed by atoms with E-state index in [-0.39, 0.29) is 11.6 Å². The van der Waals surface area contributed by atoms with Crippen molar-refractivity contribution < 1.29 is 5.11 Å². The quantitative estimate of drug-likeness (QED) is 0.470. The lowest BCUT2D eigenvalue weighted by Crippen LogP contribution is -2.34. The summed E-state index contributed by atoms with van der Waals surface area (Å²) in [6.45, 7) is 8.36. The summed E-state index contributed by atoms with van der Waals surface area (Å²) in [6.07, 6.45) is 8.67. The lowest BCUT2D eigenvalue weighted by molar-refractivity contribution is 0.176. The van der Waals surface area contributed by atoms with Crippen molar-refractivity contribution in [2.45, 2.75) is 77.9 Å². The second kappa shape index (κ2) is 7.97. The van der Waals surface area contributed by atoms with Crippen LogP contribution in [0.1, 0.15) is 66.2 Å². The fourth-order valence-corrected chi connectivity index (χ4v) is 1.71. The van der Waals surface area contributed by atoms with Gasteiger partial charge in [-0.3, -0.25) is 0 Å². The molecule has 0 fully saturated rings. The zero-order valence-corrected chi connectivity index (χ0v) is 11.5. The summed E-state index contributed by atoms with van der Waals surface area (Å²) in [5, 5.41) is 9.18. The molecule has 0 saturated carbocycles. The zero-order valence-electron chi connectivity index (χ0n) is 11.5. The molecule has 96 valence electrons. The maximum Gasteiger partial charge on any atom is 0.0950 e. The van der Waals surface area contributed by atoms with E-state index in [4.69, 9.17) is 5.73 Å². The molecule has 0 aliphatic rings. The first kappa shape index (κ1) is 15.8. The number of rotatable bonds is 9. The van der Waals surface area contributed by atoms with Crippen molar-refractivity contribution in [3.05, 3.63) is 6.42 Å². The van der Waals surface area contributed by atoms with E-state index in [1.165, 1.54) is 6.42 Å². The summed E-state index contributed by atoms with van der Waals surface area (Å²) in [5.74, 6) is 0.611. The molecule has 0 aromatic heterocycles. The summed E-state index contributed by atoms with van der Waals surface area (Å²) >= 11 is 0. The molecular formula is C14H30NO+. The van der Waals surface area contributed by atoms with E-state index in [0.29, 0.717) is 5.92 Å². The minimum atomic E-state index is -0.164. The predicted molar refractivity (Wildman–Crippen MR) is 71.1 cm³/mol. The fourth-order valence-electron chi connectivity index (χ4n) is 1.71. The van der Waals surface area contributed by atoms with E-state index >= 15 is 0 Å². The molecule has 0 aliphatic heterocycles. The van der Waals surface area contributed by atoms with Gasteiger partial charge < -0.3 is 10.8 Å². The van der Waals surface area contributed by atoms with Gasteiger partial charge in [0.05, 0.1) is 24.9 Å². The van der Waals surface area contributed by atoms with Gasteiger partial charge in [-0.2, -0.15) is 0 Å². The molecule has 0 spiro atoms. The molecule has 0 heterocycles. The van der Waals surface area contributed by atoms with Crippen molar-refractivity contribution in [1.29, 1.82) is 0 Å². The van der Waals surface area contributed by atoms with Gasteiger partial charge in [-0.1, -0.05) is 6.92 Å². The molecule has 2 nitrogen and oxygen atoms in total. The third kappa shape index (κ3) is 9.05. The molecule has 0 saturated heterocycles. The molecule has 0 aromatic carbocycles. The Kier molecular flexibility index (Phi) is 7.86. The standard InChI is InChI=1S/C14H30NO/c1-5-14(4,15)11-7-6-8-12(2)9-10-13(3)16/h8,12-13,16H,5-7,9-11,15H2,1-4H3/q+1. The lowest BCUT2D eigenvalue weighted by Gasteiger charge is -2.21. The van der Waals surface area contributed by atoms with Crippen LogP contribution in [0.3, 0.4) is 0 Å². The van der Waals surface area contributed by atoms with E-state index in [0.717, 1.165) is 32.1 Å². The topological polar surface area (TPSA) is 46.2 Å². The Hall–Kier alpha value is -0.210. The normalized spacial score (nSPS) is 18.9. The van der Waals surface area contributed by atoms with E-state index in [1.54, 1.807) is 0 Å². The monoisotopic (exact) mass is 228 g/mol. The van der Waals surface area contributed by atoms with Crippen molar-refractivity contribution in [1.82, 2.24) is 0 Å². The molecule has 2 heteroatoms. The third-order valence-electron chi connectivity index (χ3n) is 3.37. The highest BCUT2D eigenvalue weighted by Gasteiger charge is 2.17. The van der Waals surface area contributed by atoms with E-state index in [2.05, 4.69) is 27.2 Å². The maximum absolute atomic E-state index is 9.18. The van der Waals surface area contributed by atoms with Crippen LogP contribution in [0.25, 0.3) is 0 Å². The molecule has 3 N–H and O–H groups in total. The highest BCUT2D eigenvalue weighted by Crippen LogP contribution is 2.18. The molecular weight excluding hydrogens is 198 g/mol. The first-order chi connectivity index (χ1) is 7.37. The fraction of sp³-hybridized carbons (Fsp3) is 0.929. The number of unbranched alkanes of at least 4 members (excludes halogenated alkanes) is 1. The first-order valence-corrected chi connectivity index (χ1v) is 6.67. The minimum absolute atomic E-state index is 0.0106. The van der Waals surface area contributed by atoms with Crippen molar-refractivity contribution in [3.8, 4) is 0 Å². The number of nitrogens with two attached hydrogens (primary N) is 1. The Morgan fingerprint density at radius 3 is 2.44 bits per heavy atom. The Morgan fingerprint density at radius 2 is 1.94 bits per heavy atom. The maximum atomic E-state index is 9.18. The Balaban J connectivity index is 3.44. The first-order valence-electron chi connectivity index (χ1n) is 6.67. The number of aliphatic hydroxyl groups excluding tert-OH is 1. The van der Waals surface area contributed by atoms with Crippen LogP contribution in [0.5, 0.6) is 0 Å². The van der Waals surface area contributed by atoms with Gasteiger partial charge in [0, 0.05) is 5.54 Å². The minimum Gasteiger partial charge on any atom is -0.393 e. The SMILES string of the molecule is CCC(C)(N)CCC[CH+]C(C)CCC(C)O. The van der Waals surface area contributed by atoms with Crippen molar-refractivity contribution in [2.75, 3.05) is 0 Å². The van der Waals surface area contributed by atoms with Crippen LogP contribution < -0.4 is 5.73 Å². The highest BCUT2D eigenvalue weighted by molar-refractivity contribution is 4.79. The van der Waals surface area contributed by atoms with Gasteiger partial charge in [0.1, 0.15) is 0 Å². The third-order valence-corrected chi connectivity index (χ3v) is 3.37. The number of hydrogen-bond donors (Lipinski definition) is 2. The molecule has 16 heavy (non-hydrogen) atoms. The van der Waals surface area contributed by atoms with Crippen LogP contribution in [0, 0.1) is 12.3 Å². The molecule has 3 unspecified atom stereocenters. The molecule has 0 radical (unpaired) electrons. The van der Waals surface area contributed by atoms with Gasteiger partial charge in [-0.15, -0.1) is 0 Å². The average Bonchev–Trinajstić information content (AvgIpc) is 2.21. The largest absolute Gasteiger partial charge is 0.393 e. The summed E-state index contributed by atoms with van der Waals surface area (Å²) < 4.78 is 0. The molecule has 0 aromatic rings. The van der Waals surface area contributed by atoms with E-state index in [1.807, 2.05) is 6.92 Å². The highest BCUT2D eigenvalue weighted by atomic mass is 16.3. The van der Waals surface area contributed by atoms with Gasteiger partial charge in [-0.25, -0.2) is 0 Å². The van der Waals surface area contributed by atoms with Crippen LogP contribution >= 0.6 is 0 Å². The summed E-state index contributed by atoms with van der Waals surface area (Å²) in [6, 6.07) is 0.